The number of halogens is 1. The zero-order valence-electron chi connectivity index (χ0n) is 21.1. The van der Waals surface area contributed by atoms with Crippen molar-refractivity contribution in [3.8, 4) is 0 Å². The maximum Gasteiger partial charge on any atom is 0.0594 e. The van der Waals surface area contributed by atoms with Crippen LogP contribution in [0.15, 0.2) is 0 Å². The minimum absolute atomic E-state index is 0. The topological polar surface area (TPSA) is 32.7 Å². The standard InChI is InChI=1S/C28H49NO2.ClH/c1-20(5-4-14-29-15-17-31-18-16-29)24-8-9-25-23-7-6-21-19-22(30)10-12-27(21,2)26(23)11-13-28(24,25)3;/h20-26,30H,4-19H2,1-3H3;1H/t20-,21?,22?,23+,24-,25+,26+,27+,28-;/m1./s1. The Morgan fingerprint density at radius 2 is 1.66 bits per heavy atom. The van der Waals surface area contributed by atoms with Crippen molar-refractivity contribution in [2.75, 3.05) is 32.8 Å². The number of aliphatic hydroxyl groups is 1. The molecule has 1 aliphatic heterocycles. The van der Waals surface area contributed by atoms with E-state index >= 15 is 0 Å². The molecule has 0 bridgehead atoms. The third-order valence-corrected chi connectivity index (χ3v) is 11.6. The highest BCUT2D eigenvalue weighted by atomic mass is 35.5. The highest BCUT2D eigenvalue weighted by molar-refractivity contribution is 5.85. The molecule has 2 unspecified atom stereocenters. The van der Waals surface area contributed by atoms with E-state index in [4.69, 9.17) is 4.74 Å². The van der Waals surface area contributed by atoms with Gasteiger partial charge in [-0.3, -0.25) is 4.90 Å². The number of hydrogen-bond donors (Lipinski definition) is 1. The molecule has 0 aromatic rings. The van der Waals surface area contributed by atoms with Crippen molar-refractivity contribution in [2.45, 2.75) is 97.5 Å². The van der Waals surface area contributed by atoms with Gasteiger partial charge < -0.3 is 9.84 Å². The third kappa shape index (κ3) is 4.42. The minimum Gasteiger partial charge on any atom is -0.393 e. The monoisotopic (exact) mass is 467 g/mol. The van der Waals surface area contributed by atoms with Crippen LogP contribution in [0.5, 0.6) is 0 Å². The lowest BCUT2D eigenvalue weighted by Crippen LogP contribution is -2.54. The summed E-state index contributed by atoms with van der Waals surface area (Å²) in [5.41, 5.74) is 1.11. The molecule has 3 nitrogen and oxygen atoms in total. The molecule has 4 aliphatic carbocycles. The molecule has 5 rings (SSSR count). The number of morpholine rings is 1. The Bertz CT molecular complexity index is 625. The van der Waals surface area contributed by atoms with E-state index in [1.165, 1.54) is 64.3 Å². The molecule has 0 spiro atoms. The summed E-state index contributed by atoms with van der Waals surface area (Å²) in [5, 5.41) is 10.3. The molecule has 0 aromatic carbocycles. The van der Waals surface area contributed by atoms with Gasteiger partial charge in [0.15, 0.2) is 0 Å². The Labute approximate surface area is 203 Å². The van der Waals surface area contributed by atoms with Crippen LogP contribution < -0.4 is 0 Å². The van der Waals surface area contributed by atoms with Crippen LogP contribution in [0.25, 0.3) is 0 Å². The predicted octanol–water partition coefficient (Wildman–Crippen LogP) is 6.18. The van der Waals surface area contributed by atoms with E-state index in [2.05, 4.69) is 25.7 Å². The van der Waals surface area contributed by atoms with Crippen LogP contribution in [0, 0.1) is 46.3 Å². The summed E-state index contributed by atoms with van der Waals surface area (Å²) in [6, 6.07) is 0. The first-order valence-electron chi connectivity index (χ1n) is 13.9. The van der Waals surface area contributed by atoms with Crippen LogP contribution in [0.4, 0.5) is 0 Å². The van der Waals surface area contributed by atoms with Crippen molar-refractivity contribution in [2.24, 2.45) is 46.3 Å². The summed E-state index contributed by atoms with van der Waals surface area (Å²) in [6.07, 6.45) is 15.0. The largest absolute Gasteiger partial charge is 0.393 e. The van der Waals surface area contributed by atoms with E-state index in [9.17, 15) is 5.11 Å². The van der Waals surface area contributed by atoms with Crippen molar-refractivity contribution in [3.05, 3.63) is 0 Å². The van der Waals surface area contributed by atoms with Gasteiger partial charge in [0.05, 0.1) is 19.3 Å². The molecule has 4 saturated carbocycles. The fourth-order valence-electron chi connectivity index (χ4n) is 9.87. The minimum atomic E-state index is -0.0161. The summed E-state index contributed by atoms with van der Waals surface area (Å²) in [4.78, 5) is 2.61. The van der Waals surface area contributed by atoms with E-state index in [1.807, 2.05) is 0 Å². The van der Waals surface area contributed by atoms with E-state index in [-0.39, 0.29) is 18.5 Å². The summed E-state index contributed by atoms with van der Waals surface area (Å²) in [7, 11) is 0. The normalized spacial score (nSPS) is 47.6. The van der Waals surface area contributed by atoms with E-state index in [1.54, 1.807) is 0 Å². The number of fused-ring (bicyclic) bond motifs is 5. The highest BCUT2D eigenvalue weighted by Gasteiger charge is 2.60. The fraction of sp³-hybridized carbons (Fsp3) is 1.00. The zero-order chi connectivity index (χ0) is 21.6. The van der Waals surface area contributed by atoms with E-state index in [0.717, 1.165) is 74.7 Å². The Hall–Kier alpha value is 0.170. The number of rotatable bonds is 5. The van der Waals surface area contributed by atoms with Crippen molar-refractivity contribution in [1.82, 2.24) is 4.90 Å². The Kier molecular flexibility index (Phi) is 7.92. The highest BCUT2D eigenvalue weighted by Crippen LogP contribution is 2.68. The molecule has 0 amide bonds. The molecule has 0 aromatic heterocycles. The molecular weight excluding hydrogens is 418 g/mol. The third-order valence-electron chi connectivity index (χ3n) is 11.6. The quantitative estimate of drug-likeness (QED) is 0.524. The van der Waals surface area contributed by atoms with Gasteiger partial charge >= 0.3 is 0 Å². The van der Waals surface area contributed by atoms with Crippen molar-refractivity contribution < 1.29 is 9.84 Å². The Morgan fingerprint density at radius 1 is 0.938 bits per heavy atom. The summed E-state index contributed by atoms with van der Waals surface area (Å²) in [5.74, 6) is 5.50. The number of ether oxygens (including phenoxy) is 1. The van der Waals surface area contributed by atoms with Crippen LogP contribution in [0.1, 0.15) is 91.4 Å². The van der Waals surface area contributed by atoms with Crippen molar-refractivity contribution in [1.29, 1.82) is 0 Å². The van der Waals surface area contributed by atoms with Gasteiger partial charge in [0.1, 0.15) is 0 Å². The number of aliphatic hydroxyl groups excluding tert-OH is 1. The molecule has 5 aliphatic rings. The fourth-order valence-corrected chi connectivity index (χ4v) is 9.87. The first-order chi connectivity index (χ1) is 14.9. The second kappa shape index (κ2) is 10.0. The Balaban J connectivity index is 0.00000245. The number of hydrogen-bond acceptors (Lipinski definition) is 3. The predicted molar refractivity (Wildman–Crippen MR) is 134 cm³/mol. The molecule has 5 fully saturated rings. The van der Waals surface area contributed by atoms with E-state index < -0.39 is 0 Å². The van der Waals surface area contributed by atoms with Crippen molar-refractivity contribution in [3.63, 3.8) is 0 Å². The van der Waals surface area contributed by atoms with Gasteiger partial charge in [-0.15, -0.1) is 12.4 Å². The summed E-state index contributed by atoms with van der Waals surface area (Å²) >= 11 is 0. The molecule has 32 heavy (non-hydrogen) atoms. The summed E-state index contributed by atoms with van der Waals surface area (Å²) < 4.78 is 5.52. The second-order valence-corrected chi connectivity index (χ2v) is 12.9. The first-order valence-corrected chi connectivity index (χ1v) is 13.9. The van der Waals surface area contributed by atoms with Crippen LogP contribution in [0.2, 0.25) is 0 Å². The van der Waals surface area contributed by atoms with Gasteiger partial charge in [-0.2, -0.15) is 0 Å². The van der Waals surface area contributed by atoms with Crippen molar-refractivity contribution >= 4 is 12.4 Å². The molecule has 0 radical (unpaired) electrons. The average molecular weight is 468 g/mol. The first kappa shape index (κ1) is 25.3. The lowest BCUT2D eigenvalue weighted by molar-refractivity contribution is -0.129. The molecular formula is C28H50ClNO2. The van der Waals surface area contributed by atoms with Gasteiger partial charge in [0.2, 0.25) is 0 Å². The lowest BCUT2D eigenvalue weighted by atomic mass is 9.44. The van der Waals surface area contributed by atoms with Gasteiger partial charge in [0, 0.05) is 13.1 Å². The number of nitrogens with zero attached hydrogens (tertiary/aromatic N) is 1. The molecule has 186 valence electrons. The zero-order valence-corrected chi connectivity index (χ0v) is 21.9. The maximum atomic E-state index is 10.3. The van der Waals surface area contributed by atoms with E-state index in [0.29, 0.717) is 10.8 Å². The Morgan fingerprint density at radius 3 is 2.44 bits per heavy atom. The molecule has 9 atom stereocenters. The van der Waals surface area contributed by atoms with Crippen LogP contribution in [-0.4, -0.2) is 49.0 Å². The molecule has 1 N–H and O–H groups in total. The average Bonchev–Trinajstić information content (AvgIpc) is 3.12. The van der Waals surface area contributed by atoms with Crippen LogP contribution in [-0.2, 0) is 4.74 Å². The molecule has 4 heteroatoms. The maximum absolute atomic E-state index is 10.3. The lowest BCUT2D eigenvalue weighted by Gasteiger charge is -2.61. The van der Waals surface area contributed by atoms with Gasteiger partial charge in [-0.05, 0) is 124 Å². The SMILES string of the molecule is C[C@H](CCCN1CCOCC1)[C@H]1CC[C@H]2[C@@H]3CCC4CC(O)CC[C@]4(C)[C@H]3CC[C@]12C.Cl. The van der Waals surface area contributed by atoms with Gasteiger partial charge in [0.25, 0.3) is 0 Å². The van der Waals surface area contributed by atoms with Crippen LogP contribution in [0.3, 0.4) is 0 Å². The van der Waals surface area contributed by atoms with Gasteiger partial charge in [-0.1, -0.05) is 20.8 Å². The van der Waals surface area contributed by atoms with Gasteiger partial charge in [-0.25, -0.2) is 0 Å². The molecule has 1 saturated heterocycles. The van der Waals surface area contributed by atoms with Crippen LogP contribution >= 0.6 is 12.4 Å². The summed E-state index contributed by atoms with van der Waals surface area (Å²) in [6.45, 7) is 13.3. The second-order valence-electron chi connectivity index (χ2n) is 12.9. The smallest absolute Gasteiger partial charge is 0.0594 e. The molecule has 1 heterocycles.